The first-order chi connectivity index (χ1) is 16.5. The van der Waals surface area contributed by atoms with Crippen LogP contribution in [-0.4, -0.2) is 53.6 Å². The predicted octanol–water partition coefficient (Wildman–Crippen LogP) is 3.80. The number of piperidine rings is 1. The fourth-order valence-corrected chi connectivity index (χ4v) is 4.49. The number of hydrogen-bond donors (Lipinski definition) is 3. The average molecular weight is 464 g/mol. The van der Waals surface area contributed by atoms with Gasteiger partial charge in [0.2, 0.25) is 5.91 Å². The molecule has 1 fully saturated rings. The van der Waals surface area contributed by atoms with E-state index in [-0.39, 0.29) is 18.0 Å². The monoisotopic (exact) mass is 463 g/mol. The highest BCUT2D eigenvalue weighted by Crippen LogP contribution is 2.22. The number of nitrogens with zero attached hydrogens (tertiary/aromatic N) is 2. The van der Waals surface area contributed by atoms with E-state index in [4.69, 9.17) is 9.72 Å². The van der Waals surface area contributed by atoms with E-state index in [1.54, 1.807) is 14.0 Å². The molecule has 3 N–H and O–H groups in total. The van der Waals surface area contributed by atoms with Crippen molar-refractivity contribution in [3.05, 3.63) is 59.9 Å². The number of imidazole rings is 1. The summed E-state index contributed by atoms with van der Waals surface area (Å²) >= 11 is 0. The van der Waals surface area contributed by atoms with E-state index in [9.17, 15) is 9.59 Å². The van der Waals surface area contributed by atoms with Gasteiger partial charge in [0, 0.05) is 26.6 Å². The normalized spacial score (nSPS) is 15.2. The van der Waals surface area contributed by atoms with Crippen molar-refractivity contribution in [2.45, 2.75) is 38.6 Å². The van der Waals surface area contributed by atoms with Crippen LogP contribution in [0.15, 0.2) is 48.5 Å². The van der Waals surface area contributed by atoms with Crippen LogP contribution < -0.4 is 15.4 Å². The number of H-pyrrole nitrogens is 1. The Labute approximate surface area is 200 Å². The number of rotatable bonds is 8. The second-order valence-electron chi connectivity index (χ2n) is 8.88. The first kappa shape index (κ1) is 23.6. The van der Waals surface area contributed by atoms with Gasteiger partial charge < -0.3 is 25.3 Å². The number of likely N-dealkylation sites (tertiary alicyclic amines) is 1. The Morgan fingerprint density at radius 2 is 1.88 bits per heavy atom. The van der Waals surface area contributed by atoms with E-state index >= 15 is 0 Å². The van der Waals surface area contributed by atoms with Crippen molar-refractivity contribution in [2.24, 2.45) is 5.92 Å². The number of amides is 3. The highest BCUT2D eigenvalue weighted by Gasteiger charge is 2.22. The number of nitrogens with one attached hydrogen (secondary N) is 3. The fraction of sp³-hybridized carbons (Fsp3) is 0.423. The standard InChI is InChI=1S/C26H33N5O3/c1-18(32)31-15-12-19(13-16-31)11-14-27-26(33)30-24(17-20-7-9-21(34-2)10-8-20)25-28-22-5-3-4-6-23(22)29-25/h3-10,19,24H,11-17H2,1-2H3,(H,28,29)(H2,27,30,33)/t24-/m1/s1. The Balaban J connectivity index is 1.36. The summed E-state index contributed by atoms with van der Waals surface area (Å²) in [5.41, 5.74) is 2.89. The second-order valence-corrected chi connectivity index (χ2v) is 8.88. The molecule has 1 aliphatic rings. The zero-order valence-corrected chi connectivity index (χ0v) is 19.8. The number of aromatic amines is 1. The molecule has 2 aromatic carbocycles. The molecule has 8 heteroatoms. The average Bonchev–Trinajstić information content (AvgIpc) is 3.29. The maximum absolute atomic E-state index is 12.8. The first-order valence-corrected chi connectivity index (χ1v) is 11.9. The zero-order chi connectivity index (χ0) is 23.9. The van der Waals surface area contributed by atoms with Crippen LogP contribution >= 0.6 is 0 Å². The Morgan fingerprint density at radius 3 is 2.56 bits per heavy atom. The number of carbonyl (C=O) groups is 2. The van der Waals surface area contributed by atoms with E-state index in [2.05, 4.69) is 15.6 Å². The number of benzene rings is 2. The van der Waals surface area contributed by atoms with Crippen molar-refractivity contribution in [2.75, 3.05) is 26.7 Å². The van der Waals surface area contributed by atoms with Gasteiger partial charge in [-0.15, -0.1) is 0 Å². The topological polar surface area (TPSA) is 99.3 Å². The summed E-state index contributed by atoms with van der Waals surface area (Å²) in [5.74, 6) is 2.19. The second kappa shape index (κ2) is 11.0. The van der Waals surface area contributed by atoms with Gasteiger partial charge in [0.25, 0.3) is 0 Å². The molecular formula is C26H33N5O3. The van der Waals surface area contributed by atoms with Crippen LogP contribution in [0.3, 0.4) is 0 Å². The number of ether oxygens (including phenoxy) is 1. The molecule has 8 nitrogen and oxygen atoms in total. The summed E-state index contributed by atoms with van der Waals surface area (Å²) in [6.07, 6.45) is 3.48. The molecule has 0 saturated carbocycles. The molecule has 1 atom stereocenters. The molecule has 3 amide bonds. The van der Waals surface area contributed by atoms with Crippen LogP contribution in [-0.2, 0) is 11.2 Å². The summed E-state index contributed by atoms with van der Waals surface area (Å²) in [4.78, 5) is 34.2. The molecule has 0 aliphatic carbocycles. The van der Waals surface area contributed by atoms with Gasteiger partial charge in [0.05, 0.1) is 24.2 Å². The third-order valence-corrected chi connectivity index (χ3v) is 6.54. The van der Waals surface area contributed by atoms with Gasteiger partial charge in [-0.3, -0.25) is 4.79 Å². The molecule has 4 rings (SSSR count). The van der Waals surface area contributed by atoms with Gasteiger partial charge in [-0.1, -0.05) is 24.3 Å². The van der Waals surface area contributed by atoms with Crippen LogP contribution in [0.5, 0.6) is 5.75 Å². The maximum Gasteiger partial charge on any atom is 0.315 e. The molecule has 0 spiro atoms. The van der Waals surface area contributed by atoms with Crippen molar-refractivity contribution in [3.8, 4) is 5.75 Å². The van der Waals surface area contributed by atoms with Crippen LogP contribution in [0.2, 0.25) is 0 Å². The maximum atomic E-state index is 12.8. The van der Waals surface area contributed by atoms with E-state index in [1.807, 2.05) is 53.4 Å². The molecule has 1 aliphatic heterocycles. The number of fused-ring (bicyclic) bond motifs is 1. The highest BCUT2D eigenvalue weighted by molar-refractivity contribution is 5.76. The Kier molecular flexibility index (Phi) is 7.67. The van der Waals surface area contributed by atoms with Gasteiger partial charge in [-0.25, -0.2) is 9.78 Å². The van der Waals surface area contributed by atoms with Crippen molar-refractivity contribution in [1.29, 1.82) is 0 Å². The number of para-hydroxylation sites is 2. The summed E-state index contributed by atoms with van der Waals surface area (Å²) < 4.78 is 5.26. The van der Waals surface area contributed by atoms with Crippen LogP contribution in [0, 0.1) is 5.92 Å². The lowest BCUT2D eigenvalue weighted by Gasteiger charge is -2.31. The van der Waals surface area contributed by atoms with Gasteiger partial charge in [-0.05, 0) is 61.4 Å². The zero-order valence-electron chi connectivity index (χ0n) is 19.8. The third-order valence-electron chi connectivity index (χ3n) is 6.54. The molecule has 2 heterocycles. The Hall–Kier alpha value is -3.55. The lowest BCUT2D eigenvalue weighted by atomic mass is 9.93. The third kappa shape index (κ3) is 6.07. The van der Waals surface area contributed by atoms with Gasteiger partial charge in [-0.2, -0.15) is 0 Å². The Morgan fingerprint density at radius 1 is 1.15 bits per heavy atom. The lowest BCUT2D eigenvalue weighted by Crippen LogP contribution is -2.41. The lowest BCUT2D eigenvalue weighted by molar-refractivity contribution is -0.130. The van der Waals surface area contributed by atoms with Crippen LogP contribution in [0.25, 0.3) is 11.0 Å². The molecule has 0 unspecified atom stereocenters. The van der Waals surface area contributed by atoms with Crippen LogP contribution in [0.1, 0.15) is 43.6 Å². The molecule has 0 radical (unpaired) electrons. The van der Waals surface area contributed by atoms with Gasteiger partial charge in [0.1, 0.15) is 11.6 Å². The minimum absolute atomic E-state index is 0.143. The number of aromatic nitrogens is 2. The van der Waals surface area contributed by atoms with E-state index in [0.717, 1.165) is 60.5 Å². The van der Waals surface area contributed by atoms with Gasteiger partial charge >= 0.3 is 6.03 Å². The summed E-state index contributed by atoms with van der Waals surface area (Å²) in [6.45, 7) is 3.84. The number of hydrogen-bond acceptors (Lipinski definition) is 4. The smallest absolute Gasteiger partial charge is 0.315 e. The Bertz CT molecular complexity index is 1070. The minimum Gasteiger partial charge on any atom is -0.497 e. The fourth-order valence-electron chi connectivity index (χ4n) is 4.49. The molecule has 180 valence electrons. The van der Waals surface area contributed by atoms with Crippen molar-refractivity contribution >= 4 is 23.0 Å². The molecule has 34 heavy (non-hydrogen) atoms. The van der Waals surface area contributed by atoms with E-state index in [1.165, 1.54) is 0 Å². The quantitative estimate of drug-likeness (QED) is 0.473. The molecular weight excluding hydrogens is 430 g/mol. The van der Waals surface area contributed by atoms with Crippen molar-refractivity contribution in [1.82, 2.24) is 25.5 Å². The summed E-state index contributed by atoms with van der Waals surface area (Å²) in [7, 11) is 1.64. The van der Waals surface area contributed by atoms with Crippen LogP contribution in [0.4, 0.5) is 4.79 Å². The van der Waals surface area contributed by atoms with E-state index < -0.39 is 0 Å². The molecule has 1 saturated heterocycles. The molecule has 0 bridgehead atoms. The number of carbonyl (C=O) groups excluding carboxylic acids is 2. The minimum atomic E-state index is -0.306. The highest BCUT2D eigenvalue weighted by atomic mass is 16.5. The largest absolute Gasteiger partial charge is 0.497 e. The predicted molar refractivity (Wildman–Crippen MR) is 132 cm³/mol. The van der Waals surface area contributed by atoms with Gasteiger partial charge in [0.15, 0.2) is 0 Å². The number of methoxy groups -OCH3 is 1. The first-order valence-electron chi connectivity index (χ1n) is 11.9. The number of urea groups is 1. The van der Waals surface area contributed by atoms with Crippen molar-refractivity contribution in [3.63, 3.8) is 0 Å². The van der Waals surface area contributed by atoms with E-state index in [0.29, 0.717) is 18.9 Å². The summed E-state index contributed by atoms with van der Waals surface area (Å²) in [5, 5.41) is 6.11. The molecule has 3 aromatic rings. The summed E-state index contributed by atoms with van der Waals surface area (Å²) in [6, 6.07) is 15.2. The SMILES string of the molecule is COc1ccc(C[C@@H](NC(=O)NCCC2CCN(C(C)=O)CC2)c2nc3ccccc3[nH]2)cc1. The molecule has 1 aromatic heterocycles. The van der Waals surface area contributed by atoms with Crippen molar-refractivity contribution < 1.29 is 14.3 Å².